The number of para-hydroxylation sites is 1. The third-order valence-corrected chi connectivity index (χ3v) is 4.71. The smallest absolute Gasteiger partial charge is 0.337 e. The standard InChI is InChI=1S/C19H13FN2O5S/c20-13-7-3-1-5-11(13)9-15-17(24)22(19(27)28-15)10-16(23)21-14-8-4-2-6-12(14)18(25)26/h1-9H,10H2,(H,21,23)(H,25,26)/b15-9-. The van der Waals surface area contributed by atoms with Crippen molar-refractivity contribution in [3.8, 4) is 0 Å². The van der Waals surface area contributed by atoms with E-state index in [0.717, 1.165) is 4.90 Å². The number of carboxylic acids is 1. The van der Waals surface area contributed by atoms with Crippen LogP contribution >= 0.6 is 11.8 Å². The molecule has 7 nitrogen and oxygen atoms in total. The lowest BCUT2D eigenvalue weighted by molar-refractivity contribution is -0.127. The number of nitrogens with zero attached hydrogens (tertiary/aromatic N) is 1. The van der Waals surface area contributed by atoms with E-state index in [1.54, 1.807) is 12.1 Å². The van der Waals surface area contributed by atoms with E-state index in [0.29, 0.717) is 11.8 Å². The van der Waals surface area contributed by atoms with Crippen LogP contribution in [0.2, 0.25) is 0 Å². The highest BCUT2D eigenvalue weighted by molar-refractivity contribution is 8.18. The normalized spacial score (nSPS) is 15.2. The Bertz CT molecular complexity index is 1020. The maximum Gasteiger partial charge on any atom is 0.337 e. The topological polar surface area (TPSA) is 104 Å². The van der Waals surface area contributed by atoms with Gasteiger partial charge in [-0.25, -0.2) is 9.18 Å². The summed E-state index contributed by atoms with van der Waals surface area (Å²) in [6.45, 7) is -0.590. The van der Waals surface area contributed by atoms with Gasteiger partial charge in [-0.3, -0.25) is 19.3 Å². The summed E-state index contributed by atoms with van der Waals surface area (Å²) in [5, 5.41) is 10.8. The summed E-state index contributed by atoms with van der Waals surface area (Å²) in [6.07, 6.45) is 1.25. The van der Waals surface area contributed by atoms with Crippen molar-refractivity contribution in [1.82, 2.24) is 4.90 Å². The van der Waals surface area contributed by atoms with E-state index in [-0.39, 0.29) is 21.7 Å². The molecule has 1 aliphatic rings. The van der Waals surface area contributed by atoms with Crippen LogP contribution in [0, 0.1) is 5.82 Å². The molecule has 3 amide bonds. The predicted octanol–water partition coefficient (Wildman–Crippen LogP) is 3.20. The highest BCUT2D eigenvalue weighted by atomic mass is 32.2. The number of halogens is 1. The lowest BCUT2D eigenvalue weighted by atomic mass is 10.2. The summed E-state index contributed by atoms with van der Waals surface area (Å²) in [6, 6.07) is 11.5. The second-order valence-corrected chi connectivity index (χ2v) is 6.68. The predicted molar refractivity (Wildman–Crippen MR) is 101 cm³/mol. The number of aromatic carboxylic acids is 1. The minimum Gasteiger partial charge on any atom is -0.478 e. The Morgan fingerprint density at radius 2 is 1.79 bits per heavy atom. The SMILES string of the molecule is O=C(CN1C(=O)S/C(=C\c2ccccc2F)C1=O)Nc1ccccc1C(=O)O. The minimum absolute atomic E-state index is 0.00571. The summed E-state index contributed by atoms with van der Waals surface area (Å²) in [4.78, 5) is 48.6. The number of rotatable bonds is 5. The molecule has 2 N–H and O–H groups in total. The lowest BCUT2D eigenvalue weighted by Crippen LogP contribution is -2.36. The van der Waals surface area contributed by atoms with Crippen LogP contribution in [-0.4, -0.2) is 39.6 Å². The Kier molecular flexibility index (Phi) is 5.55. The molecule has 1 heterocycles. The zero-order valence-electron chi connectivity index (χ0n) is 14.2. The number of imide groups is 1. The number of carboxylic acid groups (broad SMARTS) is 1. The largest absolute Gasteiger partial charge is 0.478 e. The maximum atomic E-state index is 13.7. The zero-order valence-corrected chi connectivity index (χ0v) is 15.0. The molecule has 0 aliphatic carbocycles. The van der Waals surface area contributed by atoms with Crippen LogP contribution in [0.4, 0.5) is 14.9 Å². The van der Waals surface area contributed by atoms with Gasteiger partial charge in [-0.1, -0.05) is 30.3 Å². The van der Waals surface area contributed by atoms with Crippen LogP contribution in [0.25, 0.3) is 6.08 Å². The molecule has 3 rings (SSSR count). The molecule has 1 fully saturated rings. The van der Waals surface area contributed by atoms with Gasteiger partial charge in [0.25, 0.3) is 11.1 Å². The molecule has 0 unspecified atom stereocenters. The van der Waals surface area contributed by atoms with Gasteiger partial charge in [0.05, 0.1) is 16.2 Å². The Morgan fingerprint density at radius 1 is 1.11 bits per heavy atom. The van der Waals surface area contributed by atoms with Gasteiger partial charge in [0.2, 0.25) is 5.91 Å². The molecule has 1 saturated heterocycles. The van der Waals surface area contributed by atoms with Crippen LogP contribution in [0.15, 0.2) is 53.4 Å². The molecule has 0 bridgehead atoms. The van der Waals surface area contributed by atoms with Gasteiger partial charge in [-0.2, -0.15) is 0 Å². The van der Waals surface area contributed by atoms with Crippen LogP contribution in [0.5, 0.6) is 0 Å². The molecule has 1 aliphatic heterocycles. The van der Waals surface area contributed by atoms with Crippen molar-refractivity contribution in [1.29, 1.82) is 0 Å². The summed E-state index contributed by atoms with van der Waals surface area (Å²) < 4.78 is 13.7. The molecule has 142 valence electrons. The van der Waals surface area contributed by atoms with E-state index in [1.807, 2.05) is 0 Å². The molecular weight excluding hydrogens is 387 g/mol. The molecular formula is C19H13FN2O5S. The van der Waals surface area contributed by atoms with E-state index >= 15 is 0 Å². The molecule has 0 radical (unpaired) electrons. The van der Waals surface area contributed by atoms with Crippen molar-refractivity contribution < 1.29 is 28.7 Å². The first kappa shape index (κ1) is 19.3. The van der Waals surface area contributed by atoms with Crippen molar-refractivity contribution in [3.63, 3.8) is 0 Å². The van der Waals surface area contributed by atoms with Gasteiger partial charge in [0.15, 0.2) is 0 Å². The molecule has 0 atom stereocenters. The number of amides is 3. The van der Waals surface area contributed by atoms with Crippen LogP contribution in [0.3, 0.4) is 0 Å². The second kappa shape index (κ2) is 8.05. The van der Waals surface area contributed by atoms with E-state index in [1.165, 1.54) is 42.5 Å². The first-order valence-corrected chi connectivity index (χ1v) is 8.80. The third-order valence-electron chi connectivity index (χ3n) is 3.80. The fraction of sp³-hybridized carbons (Fsp3) is 0.0526. The molecule has 0 aromatic heterocycles. The highest BCUT2D eigenvalue weighted by Gasteiger charge is 2.36. The fourth-order valence-corrected chi connectivity index (χ4v) is 3.31. The molecule has 0 spiro atoms. The van der Waals surface area contributed by atoms with E-state index in [4.69, 9.17) is 5.11 Å². The van der Waals surface area contributed by atoms with E-state index in [2.05, 4.69) is 5.32 Å². The zero-order chi connectivity index (χ0) is 20.3. The molecule has 9 heteroatoms. The molecule has 28 heavy (non-hydrogen) atoms. The fourth-order valence-electron chi connectivity index (χ4n) is 2.48. The minimum atomic E-state index is -1.23. The average molecular weight is 400 g/mol. The van der Waals surface area contributed by atoms with Crippen LogP contribution in [-0.2, 0) is 9.59 Å². The van der Waals surface area contributed by atoms with Crippen LogP contribution < -0.4 is 5.32 Å². The highest BCUT2D eigenvalue weighted by Crippen LogP contribution is 2.32. The second-order valence-electron chi connectivity index (χ2n) is 5.69. The van der Waals surface area contributed by atoms with Crippen molar-refractivity contribution in [2.45, 2.75) is 0 Å². The summed E-state index contributed by atoms with van der Waals surface area (Å²) >= 11 is 0.599. The summed E-state index contributed by atoms with van der Waals surface area (Å²) in [5.41, 5.74) is 0.0751. The van der Waals surface area contributed by atoms with Gasteiger partial charge >= 0.3 is 5.97 Å². The Morgan fingerprint density at radius 3 is 2.50 bits per heavy atom. The molecule has 0 saturated carbocycles. The number of anilines is 1. The monoisotopic (exact) mass is 400 g/mol. The molecule has 2 aromatic rings. The number of nitrogens with one attached hydrogen (secondary N) is 1. The van der Waals surface area contributed by atoms with Gasteiger partial charge in [0, 0.05) is 5.56 Å². The number of thioether (sulfide) groups is 1. The summed E-state index contributed by atoms with van der Waals surface area (Å²) in [7, 11) is 0. The third kappa shape index (κ3) is 4.09. The van der Waals surface area contributed by atoms with Crippen molar-refractivity contribution >= 4 is 46.5 Å². The number of benzene rings is 2. The van der Waals surface area contributed by atoms with Crippen molar-refractivity contribution in [3.05, 3.63) is 70.4 Å². The molecule has 2 aromatic carbocycles. The van der Waals surface area contributed by atoms with Gasteiger partial charge in [-0.05, 0) is 36.0 Å². The first-order valence-electron chi connectivity index (χ1n) is 7.99. The first-order chi connectivity index (χ1) is 13.4. The van der Waals surface area contributed by atoms with Gasteiger partial charge in [-0.15, -0.1) is 0 Å². The Balaban J connectivity index is 1.74. The average Bonchev–Trinajstić information content (AvgIpc) is 2.91. The van der Waals surface area contributed by atoms with Crippen molar-refractivity contribution in [2.24, 2.45) is 0 Å². The van der Waals surface area contributed by atoms with Crippen molar-refractivity contribution in [2.75, 3.05) is 11.9 Å². The maximum absolute atomic E-state index is 13.7. The number of hydrogen-bond acceptors (Lipinski definition) is 5. The van der Waals surface area contributed by atoms with E-state index in [9.17, 15) is 23.6 Å². The number of carbonyl (C=O) groups is 4. The van der Waals surface area contributed by atoms with E-state index < -0.39 is 35.4 Å². The summed E-state index contributed by atoms with van der Waals surface area (Å²) in [5.74, 6) is -3.23. The lowest BCUT2D eigenvalue weighted by Gasteiger charge is -2.13. The quantitative estimate of drug-likeness (QED) is 0.747. The number of hydrogen-bond donors (Lipinski definition) is 2. The number of carbonyl (C=O) groups excluding carboxylic acids is 3. The van der Waals surface area contributed by atoms with Crippen LogP contribution in [0.1, 0.15) is 15.9 Å². The Labute approximate surface area is 162 Å². The Hall–Kier alpha value is -3.46. The van der Waals surface area contributed by atoms with Gasteiger partial charge in [0.1, 0.15) is 12.4 Å². The van der Waals surface area contributed by atoms with Gasteiger partial charge < -0.3 is 10.4 Å².